The van der Waals surface area contributed by atoms with Crippen LogP contribution in [0.15, 0.2) is 60.7 Å². The zero-order chi connectivity index (χ0) is 21.8. The standard InChI is InChI=1S/C24H23ClN2O3S/c1-17(24(29)27-15-13-26(14-16-27)18-7-3-2-4-8-18)30-22(28)12-11-21-23(25)19-9-5-6-10-20(19)31-21/h2-12,17H,13-16H2,1H3/b12-11+. The first-order valence-electron chi connectivity index (χ1n) is 10.2. The van der Waals surface area contributed by atoms with Gasteiger partial charge in [-0.3, -0.25) is 4.79 Å². The average molecular weight is 455 g/mol. The van der Waals surface area contributed by atoms with Gasteiger partial charge >= 0.3 is 5.97 Å². The molecule has 1 atom stereocenters. The quantitative estimate of drug-likeness (QED) is 0.408. The molecule has 4 rings (SSSR count). The number of carbonyl (C=O) groups excluding carboxylic acids is 2. The number of nitrogens with zero attached hydrogens (tertiary/aromatic N) is 2. The molecule has 5 nitrogen and oxygen atoms in total. The molecule has 1 fully saturated rings. The molecule has 160 valence electrons. The lowest BCUT2D eigenvalue weighted by Gasteiger charge is -2.36. The van der Waals surface area contributed by atoms with Gasteiger partial charge in [0.05, 0.1) is 5.02 Å². The van der Waals surface area contributed by atoms with Crippen molar-refractivity contribution in [2.45, 2.75) is 13.0 Å². The van der Waals surface area contributed by atoms with Crippen LogP contribution in [-0.4, -0.2) is 49.1 Å². The molecule has 1 amide bonds. The van der Waals surface area contributed by atoms with Crippen LogP contribution in [0.5, 0.6) is 0 Å². The molecule has 1 aliphatic heterocycles. The minimum Gasteiger partial charge on any atom is -0.449 e. The number of para-hydroxylation sites is 1. The average Bonchev–Trinajstić information content (AvgIpc) is 3.13. The van der Waals surface area contributed by atoms with Gasteiger partial charge in [0, 0.05) is 52.9 Å². The number of carbonyl (C=O) groups is 2. The normalized spacial score (nSPS) is 15.4. The first kappa shape index (κ1) is 21.4. The van der Waals surface area contributed by atoms with E-state index in [-0.39, 0.29) is 5.91 Å². The zero-order valence-corrected chi connectivity index (χ0v) is 18.7. The number of thiophene rings is 1. The highest BCUT2D eigenvalue weighted by Crippen LogP contribution is 2.35. The number of piperazine rings is 1. The Hall–Kier alpha value is -2.83. The lowest BCUT2D eigenvalue weighted by molar-refractivity contribution is -0.155. The Bertz CT molecular complexity index is 1100. The van der Waals surface area contributed by atoms with E-state index < -0.39 is 12.1 Å². The van der Waals surface area contributed by atoms with E-state index in [1.807, 2.05) is 42.5 Å². The van der Waals surface area contributed by atoms with Crippen LogP contribution in [0.4, 0.5) is 5.69 Å². The molecule has 1 unspecified atom stereocenters. The van der Waals surface area contributed by atoms with Crippen LogP contribution < -0.4 is 4.90 Å². The lowest BCUT2D eigenvalue weighted by Crippen LogP contribution is -2.51. The Labute approximate surface area is 190 Å². The Morgan fingerprint density at radius 2 is 1.71 bits per heavy atom. The van der Waals surface area contributed by atoms with E-state index in [2.05, 4.69) is 17.0 Å². The van der Waals surface area contributed by atoms with Crippen molar-refractivity contribution < 1.29 is 14.3 Å². The van der Waals surface area contributed by atoms with Crippen LogP contribution in [0, 0.1) is 0 Å². The topological polar surface area (TPSA) is 49.9 Å². The molecule has 0 spiro atoms. The van der Waals surface area contributed by atoms with Gasteiger partial charge in [-0.15, -0.1) is 11.3 Å². The molecular weight excluding hydrogens is 432 g/mol. The van der Waals surface area contributed by atoms with Crippen molar-refractivity contribution in [3.63, 3.8) is 0 Å². The Morgan fingerprint density at radius 1 is 1.03 bits per heavy atom. The number of anilines is 1. The Kier molecular flexibility index (Phi) is 6.59. The molecule has 7 heteroatoms. The second kappa shape index (κ2) is 9.54. The van der Waals surface area contributed by atoms with Gasteiger partial charge in [-0.25, -0.2) is 4.79 Å². The van der Waals surface area contributed by atoms with E-state index in [1.54, 1.807) is 17.9 Å². The van der Waals surface area contributed by atoms with Gasteiger partial charge < -0.3 is 14.5 Å². The third-order valence-electron chi connectivity index (χ3n) is 5.28. The molecule has 0 bridgehead atoms. The number of rotatable bonds is 5. The van der Waals surface area contributed by atoms with Crippen LogP contribution in [0.3, 0.4) is 0 Å². The van der Waals surface area contributed by atoms with Crippen molar-refractivity contribution in [3.05, 3.63) is 70.6 Å². The fourth-order valence-electron chi connectivity index (χ4n) is 3.63. The summed E-state index contributed by atoms with van der Waals surface area (Å²) < 4.78 is 6.40. The number of amides is 1. The molecule has 2 aromatic carbocycles. The highest BCUT2D eigenvalue weighted by molar-refractivity contribution is 7.20. The molecule has 31 heavy (non-hydrogen) atoms. The van der Waals surface area contributed by atoms with Crippen molar-refractivity contribution in [3.8, 4) is 0 Å². The van der Waals surface area contributed by atoms with Crippen molar-refractivity contribution in [1.82, 2.24) is 4.90 Å². The summed E-state index contributed by atoms with van der Waals surface area (Å²) in [5.74, 6) is -0.730. The maximum absolute atomic E-state index is 12.7. The molecule has 1 aromatic heterocycles. The molecule has 0 N–H and O–H groups in total. The smallest absolute Gasteiger partial charge is 0.331 e. The molecular formula is C24H23ClN2O3S. The number of halogens is 1. The first-order chi connectivity index (χ1) is 15.0. The zero-order valence-electron chi connectivity index (χ0n) is 17.2. The minimum absolute atomic E-state index is 0.172. The highest BCUT2D eigenvalue weighted by Gasteiger charge is 2.26. The lowest BCUT2D eigenvalue weighted by atomic mass is 10.2. The van der Waals surface area contributed by atoms with Gasteiger partial charge in [0.25, 0.3) is 5.91 Å². The molecule has 2 heterocycles. The van der Waals surface area contributed by atoms with Gasteiger partial charge in [0.1, 0.15) is 0 Å². The van der Waals surface area contributed by atoms with Crippen molar-refractivity contribution >= 4 is 56.7 Å². The summed E-state index contributed by atoms with van der Waals surface area (Å²) in [7, 11) is 0. The van der Waals surface area contributed by atoms with Crippen molar-refractivity contribution in [1.29, 1.82) is 0 Å². The van der Waals surface area contributed by atoms with Crippen molar-refractivity contribution in [2.75, 3.05) is 31.1 Å². The fourth-order valence-corrected chi connectivity index (χ4v) is 5.03. The molecule has 1 saturated heterocycles. The summed E-state index contributed by atoms with van der Waals surface area (Å²) in [6.45, 7) is 4.32. The highest BCUT2D eigenvalue weighted by atomic mass is 35.5. The maximum Gasteiger partial charge on any atom is 0.331 e. The predicted molar refractivity (Wildman–Crippen MR) is 127 cm³/mol. The van der Waals surface area contributed by atoms with Gasteiger partial charge in [0.2, 0.25) is 0 Å². The summed E-state index contributed by atoms with van der Waals surface area (Å²) in [5, 5.41) is 1.57. The van der Waals surface area contributed by atoms with Gasteiger partial charge in [0.15, 0.2) is 6.10 Å². The molecule has 0 radical (unpaired) electrons. The van der Waals surface area contributed by atoms with E-state index in [1.165, 1.54) is 17.4 Å². The van der Waals surface area contributed by atoms with Crippen LogP contribution in [-0.2, 0) is 14.3 Å². The largest absolute Gasteiger partial charge is 0.449 e. The molecule has 0 aliphatic carbocycles. The SMILES string of the molecule is CC(OC(=O)/C=C/c1sc2ccccc2c1Cl)C(=O)N1CCN(c2ccccc2)CC1. The Balaban J connectivity index is 1.31. The summed E-state index contributed by atoms with van der Waals surface area (Å²) in [6.07, 6.45) is 2.14. The van der Waals surface area contributed by atoms with E-state index in [9.17, 15) is 9.59 Å². The van der Waals surface area contributed by atoms with Crippen LogP contribution >= 0.6 is 22.9 Å². The first-order valence-corrected chi connectivity index (χ1v) is 11.4. The van der Waals surface area contributed by atoms with E-state index in [0.717, 1.165) is 33.7 Å². The monoisotopic (exact) mass is 454 g/mol. The van der Waals surface area contributed by atoms with E-state index in [4.69, 9.17) is 16.3 Å². The third kappa shape index (κ3) is 4.92. The number of hydrogen-bond donors (Lipinski definition) is 0. The van der Waals surface area contributed by atoms with Gasteiger partial charge in [-0.2, -0.15) is 0 Å². The summed E-state index contributed by atoms with van der Waals surface area (Å²) in [4.78, 5) is 29.8. The number of hydrogen-bond acceptors (Lipinski definition) is 5. The number of fused-ring (bicyclic) bond motifs is 1. The van der Waals surface area contributed by atoms with Crippen LogP contribution in [0.1, 0.15) is 11.8 Å². The summed E-state index contributed by atoms with van der Waals surface area (Å²) in [6, 6.07) is 17.9. The second-order valence-electron chi connectivity index (χ2n) is 7.34. The van der Waals surface area contributed by atoms with E-state index >= 15 is 0 Å². The number of benzene rings is 2. The molecule has 3 aromatic rings. The van der Waals surface area contributed by atoms with Gasteiger partial charge in [-0.1, -0.05) is 48.0 Å². The third-order valence-corrected chi connectivity index (χ3v) is 6.94. The molecule has 1 aliphatic rings. The number of ether oxygens (including phenoxy) is 1. The van der Waals surface area contributed by atoms with Crippen LogP contribution in [0.25, 0.3) is 16.2 Å². The van der Waals surface area contributed by atoms with Crippen LogP contribution in [0.2, 0.25) is 5.02 Å². The van der Waals surface area contributed by atoms with E-state index in [0.29, 0.717) is 18.1 Å². The van der Waals surface area contributed by atoms with Crippen molar-refractivity contribution in [2.24, 2.45) is 0 Å². The second-order valence-corrected chi connectivity index (χ2v) is 8.80. The minimum atomic E-state index is -0.835. The summed E-state index contributed by atoms with van der Waals surface area (Å²) >= 11 is 7.90. The maximum atomic E-state index is 12.7. The predicted octanol–water partition coefficient (Wildman–Crippen LogP) is 4.85. The Morgan fingerprint density at radius 3 is 2.42 bits per heavy atom. The number of esters is 1. The fraction of sp³-hybridized carbons (Fsp3) is 0.250. The summed E-state index contributed by atoms with van der Waals surface area (Å²) in [5.41, 5.74) is 1.15. The van der Waals surface area contributed by atoms with Gasteiger partial charge in [-0.05, 0) is 31.2 Å². The molecule has 0 saturated carbocycles.